The number of nitrogens with zero attached hydrogens (tertiary/aromatic N) is 1. The van der Waals surface area contributed by atoms with Crippen molar-refractivity contribution >= 4 is 0 Å². The fourth-order valence-electron chi connectivity index (χ4n) is 2.35. The van der Waals surface area contributed by atoms with Gasteiger partial charge in [-0.15, -0.1) is 0 Å². The fourth-order valence-corrected chi connectivity index (χ4v) is 2.35. The van der Waals surface area contributed by atoms with Crippen LogP contribution in [0.2, 0.25) is 0 Å². The highest BCUT2D eigenvalue weighted by molar-refractivity contribution is 5.17. The zero-order chi connectivity index (χ0) is 10.7. The summed E-state index contributed by atoms with van der Waals surface area (Å²) in [5.41, 5.74) is 2.68. The van der Waals surface area contributed by atoms with Crippen molar-refractivity contribution in [2.24, 2.45) is 5.92 Å². The Labute approximate surface area is 91.7 Å². The molecule has 0 spiro atoms. The first-order chi connectivity index (χ1) is 7.27. The van der Waals surface area contributed by atoms with E-state index in [0.717, 1.165) is 19.5 Å². The average Bonchev–Trinajstić information content (AvgIpc) is 2.66. The van der Waals surface area contributed by atoms with Gasteiger partial charge in [-0.3, -0.25) is 0 Å². The van der Waals surface area contributed by atoms with Gasteiger partial charge in [0.25, 0.3) is 0 Å². The molecule has 2 rings (SSSR count). The minimum absolute atomic E-state index is 0.672. The second-order valence-corrected chi connectivity index (χ2v) is 4.89. The molecule has 3 nitrogen and oxygen atoms in total. The topological polar surface area (TPSA) is 40.7 Å². The van der Waals surface area contributed by atoms with Crippen LogP contribution in [0.4, 0.5) is 0 Å². The lowest BCUT2D eigenvalue weighted by Crippen LogP contribution is -2.27. The Morgan fingerprint density at radius 1 is 1.40 bits per heavy atom. The van der Waals surface area contributed by atoms with Gasteiger partial charge in [0, 0.05) is 11.6 Å². The number of piperidine rings is 1. The molecular formula is C12H21N3. The second-order valence-electron chi connectivity index (χ2n) is 4.89. The molecule has 15 heavy (non-hydrogen) atoms. The molecule has 84 valence electrons. The first kappa shape index (κ1) is 10.7. The molecule has 0 unspecified atom stereocenters. The Morgan fingerprint density at radius 3 is 2.80 bits per heavy atom. The first-order valence-corrected chi connectivity index (χ1v) is 6.00. The number of aromatic nitrogens is 2. The predicted molar refractivity (Wildman–Crippen MR) is 62.0 cm³/mol. The lowest BCUT2D eigenvalue weighted by atomic mass is 9.91. The number of hydrogen-bond donors (Lipinski definition) is 2. The largest absolute Gasteiger partial charge is 0.348 e. The van der Waals surface area contributed by atoms with Gasteiger partial charge in [0.1, 0.15) is 0 Å². The zero-order valence-corrected chi connectivity index (χ0v) is 9.71. The Balaban J connectivity index is 2.09. The summed E-state index contributed by atoms with van der Waals surface area (Å²) in [7, 11) is 0. The summed E-state index contributed by atoms with van der Waals surface area (Å²) in [6, 6.07) is 0. The number of H-pyrrole nitrogens is 1. The predicted octanol–water partition coefficient (Wildman–Crippen LogP) is 2.08. The molecule has 3 heteroatoms. The van der Waals surface area contributed by atoms with Crippen LogP contribution in [0.25, 0.3) is 0 Å². The molecule has 2 heterocycles. The Kier molecular flexibility index (Phi) is 3.41. The van der Waals surface area contributed by atoms with Crippen LogP contribution in [0.1, 0.15) is 44.0 Å². The third kappa shape index (κ3) is 2.59. The monoisotopic (exact) mass is 207 g/mol. The van der Waals surface area contributed by atoms with Crippen molar-refractivity contribution in [3.05, 3.63) is 17.7 Å². The van der Waals surface area contributed by atoms with Gasteiger partial charge in [-0.05, 0) is 38.3 Å². The highest BCUT2D eigenvalue weighted by atomic mass is 14.9. The van der Waals surface area contributed by atoms with E-state index < -0.39 is 0 Å². The molecule has 1 fully saturated rings. The van der Waals surface area contributed by atoms with Gasteiger partial charge in [0.05, 0.1) is 12.0 Å². The van der Waals surface area contributed by atoms with Gasteiger partial charge >= 0.3 is 0 Å². The van der Waals surface area contributed by atoms with Crippen molar-refractivity contribution in [2.75, 3.05) is 13.1 Å². The third-order valence-corrected chi connectivity index (χ3v) is 3.09. The van der Waals surface area contributed by atoms with Gasteiger partial charge in [0.15, 0.2) is 0 Å². The summed E-state index contributed by atoms with van der Waals surface area (Å²) in [5, 5.41) is 3.40. The van der Waals surface area contributed by atoms with E-state index in [2.05, 4.69) is 29.1 Å². The number of nitrogens with one attached hydrogen (secondary N) is 2. The molecule has 0 aliphatic carbocycles. The van der Waals surface area contributed by atoms with E-state index >= 15 is 0 Å². The maximum atomic E-state index is 4.51. The van der Waals surface area contributed by atoms with E-state index in [1.54, 1.807) is 0 Å². The maximum absolute atomic E-state index is 4.51. The molecule has 0 radical (unpaired) electrons. The second kappa shape index (κ2) is 4.79. The lowest BCUT2D eigenvalue weighted by molar-refractivity contribution is 0.450. The van der Waals surface area contributed by atoms with Crippen molar-refractivity contribution in [1.82, 2.24) is 15.3 Å². The number of hydrogen-bond acceptors (Lipinski definition) is 2. The lowest BCUT2D eigenvalue weighted by Gasteiger charge is -2.22. The van der Waals surface area contributed by atoms with Crippen LogP contribution in [0.3, 0.4) is 0 Å². The maximum Gasteiger partial charge on any atom is 0.0925 e. The van der Waals surface area contributed by atoms with Crippen LogP contribution in [-0.2, 0) is 6.42 Å². The summed E-state index contributed by atoms with van der Waals surface area (Å²) >= 11 is 0. The van der Waals surface area contributed by atoms with Crippen molar-refractivity contribution in [2.45, 2.75) is 39.0 Å². The molecule has 1 saturated heterocycles. The smallest absolute Gasteiger partial charge is 0.0925 e. The molecule has 1 aliphatic heterocycles. The quantitative estimate of drug-likeness (QED) is 0.796. The summed E-state index contributed by atoms with van der Waals surface area (Å²) in [4.78, 5) is 7.81. The highest BCUT2D eigenvalue weighted by Crippen LogP contribution is 2.26. The SMILES string of the molecule is CC(C)Cc1[nH]cnc1C1CCNCC1. The molecule has 1 aliphatic rings. The van der Waals surface area contributed by atoms with Gasteiger partial charge < -0.3 is 10.3 Å². The van der Waals surface area contributed by atoms with Crippen LogP contribution in [0.5, 0.6) is 0 Å². The van der Waals surface area contributed by atoms with Crippen molar-refractivity contribution < 1.29 is 0 Å². The normalized spacial score (nSPS) is 18.6. The fraction of sp³-hybridized carbons (Fsp3) is 0.750. The van der Waals surface area contributed by atoms with Crippen molar-refractivity contribution in [3.8, 4) is 0 Å². The molecule has 0 saturated carbocycles. The van der Waals surface area contributed by atoms with Gasteiger partial charge in [-0.2, -0.15) is 0 Å². The van der Waals surface area contributed by atoms with Crippen LogP contribution < -0.4 is 5.32 Å². The van der Waals surface area contributed by atoms with Gasteiger partial charge in [0.2, 0.25) is 0 Å². The minimum atomic E-state index is 0.672. The Bertz CT molecular complexity index is 298. The van der Waals surface area contributed by atoms with E-state index in [4.69, 9.17) is 0 Å². The molecule has 1 aromatic rings. The Hall–Kier alpha value is -0.830. The standard InChI is InChI=1S/C12H21N3/c1-9(2)7-11-12(15-8-14-11)10-3-5-13-6-4-10/h8-10,13H,3-7H2,1-2H3,(H,14,15). The summed E-state index contributed by atoms with van der Waals surface area (Å²) in [6.07, 6.45) is 5.44. The first-order valence-electron chi connectivity index (χ1n) is 6.00. The number of rotatable bonds is 3. The van der Waals surface area contributed by atoms with Crippen LogP contribution in [0, 0.1) is 5.92 Å². The zero-order valence-electron chi connectivity index (χ0n) is 9.71. The minimum Gasteiger partial charge on any atom is -0.348 e. The van der Waals surface area contributed by atoms with Crippen LogP contribution in [-0.4, -0.2) is 23.1 Å². The molecule has 1 aromatic heterocycles. The van der Waals surface area contributed by atoms with E-state index in [0.29, 0.717) is 11.8 Å². The molecule has 0 atom stereocenters. The van der Waals surface area contributed by atoms with E-state index in [1.807, 2.05) is 6.33 Å². The van der Waals surface area contributed by atoms with E-state index in [9.17, 15) is 0 Å². The van der Waals surface area contributed by atoms with Crippen LogP contribution >= 0.6 is 0 Å². The van der Waals surface area contributed by atoms with E-state index in [-0.39, 0.29) is 0 Å². The average molecular weight is 207 g/mol. The third-order valence-electron chi connectivity index (χ3n) is 3.09. The summed E-state index contributed by atoms with van der Waals surface area (Å²) in [6.45, 7) is 6.79. The number of imidazole rings is 1. The highest BCUT2D eigenvalue weighted by Gasteiger charge is 2.20. The molecule has 0 amide bonds. The summed E-state index contributed by atoms with van der Waals surface area (Å²) in [5.74, 6) is 1.37. The molecule has 0 aromatic carbocycles. The molecule has 0 bridgehead atoms. The molecular weight excluding hydrogens is 186 g/mol. The number of aromatic amines is 1. The summed E-state index contributed by atoms with van der Waals surface area (Å²) < 4.78 is 0. The van der Waals surface area contributed by atoms with Crippen molar-refractivity contribution in [1.29, 1.82) is 0 Å². The molecule has 2 N–H and O–H groups in total. The van der Waals surface area contributed by atoms with Crippen molar-refractivity contribution in [3.63, 3.8) is 0 Å². The van der Waals surface area contributed by atoms with Crippen LogP contribution in [0.15, 0.2) is 6.33 Å². The Morgan fingerprint density at radius 2 is 2.13 bits per heavy atom. The van der Waals surface area contributed by atoms with Gasteiger partial charge in [-0.1, -0.05) is 13.8 Å². The van der Waals surface area contributed by atoms with E-state index in [1.165, 1.54) is 24.2 Å². The van der Waals surface area contributed by atoms with Gasteiger partial charge in [-0.25, -0.2) is 4.98 Å².